The molecule has 0 heterocycles. The molecule has 0 aromatic heterocycles. The van der Waals surface area contributed by atoms with Crippen molar-refractivity contribution in [2.75, 3.05) is 6.61 Å². The third-order valence-corrected chi connectivity index (χ3v) is 3.87. The molecule has 26 heavy (non-hydrogen) atoms. The van der Waals surface area contributed by atoms with Gasteiger partial charge in [0.1, 0.15) is 17.4 Å². The van der Waals surface area contributed by atoms with Crippen molar-refractivity contribution in [1.29, 1.82) is 5.26 Å². The van der Waals surface area contributed by atoms with Gasteiger partial charge in [-0.2, -0.15) is 5.26 Å². The van der Waals surface area contributed by atoms with E-state index in [9.17, 15) is 20.0 Å². The Morgan fingerprint density at radius 1 is 1.15 bits per heavy atom. The number of ether oxygens (including phenoxy) is 1. The van der Waals surface area contributed by atoms with E-state index in [1.807, 2.05) is 6.07 Å². The van der Waals surface area contributed by atoms with Crippen molar-refractivity contribution in [1.82, 2.24) is 0 Å². The molecule has 6 nitrogen and oxygen atoms in total. The van der Waals surface area contributed by atoms with Crippen LogP contribution < -0.4 is 0 Å². The SMILES string of the molecule is CCOC(=O)c1ccccc1N=C(C#N)C1=C(O)c2ccccc2C1=O. The number of carbonyl (C=O) groups is 2. The standard InChI is InChI=1S/C20H14N2O4/c1-2-26-20(25)14-9-5-6-10-15(14)22-16(11-21)17-18(23)12-7-3-4-8-13(12)19(17)24/h3-10,23H,2H2,1H3. The van der Waals surface area contributed by atoms with E-state index in [4.69, 9.17) is 4.74 Å². The highest BCUT2D eigenvalue weighted by molar-refractivity contribution is 6.39. The van der Waals surface area contributed by atoms with E-state index in [1.54, 1.807) is 43.3 Å². The molecule has 0 amide bonds. The van der Waals surface area contributed by atoms with Crippen LogP contribution in [0.25, 0.3) is 5.76 Å². The third-order valence-electron chi connectivity index (χ3n) is 3.87. The van der Waals surface area contributed by atoms with E-state index >= 15 is 0 Å². The maximum Gasteiger partial charge on any atom is 0.340 e. The van der Waals surface area contributed by atoms with Crippen LogP contribution in [0.1, 0.15) is 33.2 Å². The predicted molar refractivity (Wildman–Crippen MR) is 95.4 cm³/mol. The fourth-order valence-corrected chi connectivity index (χ4v) is 2.69. The number of carbonyl (C=O) groups excluding carboxylic acids is 2. The Morgan fingerprint density at radius 2 is 1.81 bits per heavy atom. The summed E-state index contributed by atoms with van der Waals surface area (Å²) in [7, 11) is 0. The lowest BCUT2D eigenvalue weighted by Crippen LogP contribution is -2.10. The normalized spacial score (nSPS) is 13.4. The van der Waals surface area contributed by atoms with Gasteiger partial charge in [0.2, 0.25) is 0 Å². The van der Waals surface area contributed by atoms with Crippen molar-refractivity contribution < 1.29 is 19.4 Å². The maximum atomic E-state index is 12.6. The molecule has 0 saturated carbocycles. The highest BCUT2D eigenvalue weighted by Gasteiger charge is 2.33. The fourth-order valence-electron chi connectivity index (χ4n) is 2.69. The molecule has 2 aromatic carbocycles. The van der Waals surface area contributed by atoms with E-state index in [1.165, 1.54) is 12.1 Å². The first kappa shape index (κ1) is 17.1. The minimum Gasteiger partial charge on any atom is -0.506 e. The number of Topliss-reactive ketones (excluding diaryl/α,β-unsaturated/α-hetero) is 1. The molecular weight excluding hydrogens is 332 g/mol. The first-order valence-electron chi connectivity index (χ1n) is 7.91. The van der Waals surface area contributed by atoms with E-state index < -0.39 is 11.8 Å². The van der Waals surface area contributed by atoms with Crippen molar-refractivity contribution in [3.63, 3.8) is 0 Å². The van der Waals surface area contributed by atoms with Crippen LogP contribution in [-0.2, 0) is 4.74 Å². The minimum absolute atomic E-state index is 0.171. The van der Waals surface area contributed by atoms with Crippen LogP contribution in [0, 0.1) is 11.3 Å². The second-order valence-electron chi connectivity index (χ2n) is 5.41. The highest BCUT2D eigenvalue weighted by atomic mass is 16.5. The molecule has 0 aliphatic heterocycles. The Labute approximate surface area is 149 Å². The lowest BCUT2D eigenvalue weighted by molar-refractivity contribution is 0.0527. The first-order chi connectivity index (χ1) is 12.6. The predicted octanol–water partition coefficient (Wildman–Crippen LogP) is 3.62. The van der Waals surface area contributed by atoms with Gasteiger partial charge in [-0.15, -0.1) is 0 Å². The summed E-state index contributed by atoms with van der Waals surface area (Å²) in [4.78, 5) is 28.8. The van der Waals surface area contributed by atoms with Crippen LogP contribution >= 0.6 is 0 Å². The van der Waals surface area contributed by atoms with Gasteiger partial charge in [0.15, 0.2) is 11.5 Å². The van der Waals surface area contributed by atoms with Crippen molar-refractivity contribution >= 4 is 28.9 Å². The maximum absolute atomic E-state index is 12.6. The molecule has 0 saturated heterocycles. The molecular formula is C20H14N2O4. The number of nitrogens with zero attached hydrogens (tertiary/aromatic N) is 2. The second-order valence-corrected chi connectivity index (χ2v) is 5.41. The molecule has 1 N–H and O–H groups in total. The van der Waals surface area contributed by atoms with Gasteiger partial charge in [-0.3, -0.25) is 4.79 Å². The Hall–Kier alpha value is -3.72. The first-order valence-corrected chi connectivity index (χ1v) is 7.91. The number of aliphatic imine (C=N–C) groups is 1. The number of benzene rings is 2. The number of rotatable bonds is 4. The van der Waals surface area contributed by atoms with Gasteiger partial charge in [0.25, 0.3) is 0 Å². The molecule has 6 heteroatoms. The van der Waals surface area contributed by atoms with Crippen LogP contribution in [0.4, 0.5) is 5.69 Å². The van der Waals surface area contributed by atoms with Crippen LogP contribution in [0.5, 0.6) is 0 Å². The van der Waals surface area contributed by atoms with Gasteiger partial charge in [-0.1, -0.05) is 36.4 Å². The summed E-state index contributed by atoms with van der Waals surface area (Å²) in [6, 6.07) is 14.7. The number of fused-ring (bicyclic) bond motifs is 1. The van der Waals surface area contributed by atoms with E-state index in [2.05, 4.69) is 4.99 Å². The lowest BCUT2D eigenvalue weighted by Gasteiger charge is -2.06. The molecule has 128 valence electrons. The molecule has 1 aliphatic rings. The third kappa shape index (κ3) is 2.87. The van der Waals surface area contributed by atoms with Crippen molar-refractivity contribution in [3.8, 4) is 6.07 Å². The summed E-state index contributed by atoms with van der Waals surface area (Å²) >= 11 is 0. The number of esters is 1. The zero-order valence-corrected chi connectivity index (χ0v) is 13.9. The molecule has 1 aliphatic carbocycles. The molecule has 2 aromatic rings. The Morgan fingerprint density at radius 3 is 2.46 bits per heavy atom. The second kappa shape index (κ2) is 7.03. The molecule has 0 atom stereocenters. The van der Waals surface area contributed by atoms with Gasteiger partial charge < -0.3 is 9.84 Å². The van der Waals surface area contributed by atoms with Gasteiger partial charge >= 0.3 is 5.97 Å². The number of allylic oxidation sites excluding steroid dienone is 1. The highest BCUT2D eigenvalue weighted by Crippen LogP contribution is 2.32. The number of nitriles is 1. The molecule has 0 unspecified atom stereocenters. The number of ketones is 1. The lowest BCUT2D eigenvalue weighted by atomic mass is 10.1. The number of para-hydroxylation sites is 1. The van der Waals surface area contributed by atoms with Crippen LogP contribution in [-0.4, -0.2) is 29.2 Å². The molecule has 0 bridgehead atoms. The largest absolute Gasteiger partial charge is 0.506 e. The summed E-state index contributed by atoms with van der Waals surface area (Å²) in [5, 5.41) is 19.9. The molecule has 0 radical (unpaired) electrons. The summed E-state index contributed by atoms with van der Waals surface area (Å²) in [5.41, 5.74) is 0.584. The summed E-state index contributed by atoms with van der Waals surface area (Å²) in [6.45, 7) is 1.88. The van der Waals surface area contributed by atoms with Crippen LogP contribution in [0.15, 0.2) is 59.1 Å². The molecule has 0 fully saturated rings. The Kier molecular flexibility index (Phi) is 4.63. The van der Waals surface area contributed by atoms with Crippen molar-refractivity contribution in [2.45, 2.75) is 6.92 Å². The number of hydrogen-bond acceptors (Lipinski definition) is 6. The van der Waals surface area contributed by atoms with Crippen molar-refractivity contribution in [2.24, 2.45) is 4.99 Å². The average Bonchev–Trinajstić information content (AvgIpc) is 2.91. The van der Waals surface area contributed by atoms with Gasteiger partial charge in [-0.25, -0.2) is 9.79 Å². The zero-order chi connectivity index (χ0) is 18.7. The molecule has 0 spiro atoms. The van der Waals surface area contributed by atoms with Crippen LogP contribution in [0.2, 0.25) is 0 Å². The quantitative estimate of drug-likeness (QED) is 0.673. The van der Waals surface area contributed by atoms with E-state index in [0.29, 0.717) is 11.1 Å². The fraction of sp³-hybridized carbons (Fsp3) is 0.100. The number of aliphatic hydroxyl groups is 1. The Bertz CT molecular complexity index is 1010. The Balaban J connectivity index is 2.10. The van der Waals surface area contributed by atoms with Gasteiger partial charge in [0, 0.05) is 11.1 Å². The van der Waals surface area contributed by atoms with Crippen LogP contribution in [0.3, 0.4) is 0 Å². The summed E-state index contributed by atoms with van der Waals surface area (Å²) < 4.78 is 4.98. The van der Waals surface area contributed by atoms with Crippen molar-refractivity contribution in [3.05, 3.63) is 70.8 Å². The van der Waals surface area contributed by atoms with Gasteiger partial charge in [-0.05, 0) is 19.1 Å². The smallest absolute Gasteiger partial charge is 0.340 e. The zero-order valence-electron chi connectivity index (χ0n) is 13.9. The monoisotopic (exact) mass is 346 g/mol. The van der Waals surface area contributed by atoms with E-state index in [-0.39, 0.29) is 34.9 Å². The number of aliphatic hydroxyl groups excluding tert-OH is 1. The average molecular weight is 346 g/mol. The topological polar surface area (TPSA) is 99.8 Å². The number of hydrogen-bond donors (Lipinski definition) is 1. The summed E-state index contributed by atoms with van der Waals surface area (Å²) in [6.07, 6.45) is 0. The minimum atomic E-state index is -0.580. The van der Waals surface area contributed by atoms with E-state index in [0.717, 1.165) is 0 Å². The molecule has 3 rings (SSSR count). The van der Waals surface area contributed by atoms with Gasteiger partial charge in [0.05, 0.1) is 17.9 Å². The summed E-state index contributed by atoms with van der Waals surface area (Å²) in [5.74, 6) is -1.35.